The van der Waals surface area contributed by atoms with E-state index in [1.54, 1.807) is 0 Å². The first-order valence-electron chi connectivity index (χ1n) is 9.35. The summed E-state index contributed by atoms with van der Waals surface area (Å²) in [6.45, 7) is 5.18. The predicted octanol–water partition coefficient (Wildman–Crippen LogP) is 4.13. The second-order valence-corrected chi connectivity index (χ2v) is 9.01. The largest absolute Gasteiger partial charge is 0.395 e. The van der Waals surface area contributed by atoms with Crippen LogP contribution in [0.4, 0.5) is 0 Å². The normalized spacial score (nSPS) is 50.9. The molecule has 0 bridgehead atoms. The van der Waals surface area contributed by atoms with Crippen molar-refractivity contribution in [3.05, 3.63) is 11.6 Å². The van der Waals surface area contributed by atoms with Crippen molar-refractivity contribution in [2.45, 2.75) is 65.2 Å². The SMILES string of the molecule is C[C@@H]1CC2=CC(=O)CC[C@]2(CO)[C@H]2CC[C@]3(C)CCC[C@H]3[C@H]12. The molecule has 2 heteroatoms. The van der Waals surface area contributed by atoms with Gasteiger partial charge in [-0.2, -0.15) is 0 Å². The molecule has 0 aromatic heterocycles. The molecule has 4 rings (SSSR count). The van der Waals surface area contributed by atoms with E-state index in [1.165, 1.54) is 37.7 Å². The molecule has 0 saturated heterocycles. The minimum Gasteiger partial charge on any atom is -0.395 e. The van der Waals surface area contributed by atoms with Crippen LogP contribution in [0.25, 0.3) is 0 Å². The first kappa shape index (κ1) is 14.9. The van der Waals surface area contributed by atoms with Crippen molar-refractivity contribution >= 4 is 5.78 Å². The zero-order chi connectivity index (χ0) is 15.5. The van der Waals surface area contributed by atoms with Crippen molar-refractivity contribution in [3.63, 3.8) is 0 Å². The Morgan fingerprint density at radius 1 is 1.23 bits per heavy atom. The Hall–Kier alpha value is -0.630. The highest BCUT2D eigenvalue weighted by molar-refractivity contribution is 5.91. The van der Waals surface area contributed by atoms with Gasteiger partial charge in [-0.1, -0.05) is 25.8 Å². The van der Waals surface area contributed by atoms with E-state index in [2.05, 4.69) is 13.8 Å². The van der Waals surface area contributed by atoms with Gasteiger partial charge in [0.15, 0.2) is 5.78 Å². The Balaban J connectivity index is 1.76. The summed E-state index contributed by atoms with van der Waals surface area (Å²) in [5, 5.41) is 10.3. The molecule has 22 heavy (non-hydrogen) atoms. The van der Waals surface area contributed by atoms with Gasteiger partial charge in [-0.15, -0.1) is 0 Å². The number of ketones is 1. The van der Waals surface area contributed by atoms with Gasteiger partial charge in [-0.05, 0) is 73.7 Å². The maximum absolute atomic E-state index is 11.9. The molecule has 0 unspecified atom stereocenters. The number of aliphatic hydroxyl groups is 1. The molecule has 4 aliphatic carbocycles. The molecule has 6 atom stereocenters. The molecular formula is C20H30O2. The van der Waals surface area contributed by atoms with Crippen LogP contribution in [-0.2, 0) is 4.79 Å². The molecule has 4 aliphatic rings. The fourth-order valence-electron chi connectivity index (χ4n) is 7.01. The summed E-state index contributed by atoms with van der Waals surface area (Å²) in [4.78, 5) is 11.9. The van der Waals surface area contributed by atoms with E-state index in [0.29, 0.717) is 23.7 Å². The summed E-state index contributed by atoms with van der Waals surface area (Å²) < 4.78 is 0. The fraction of sp³-hybridized carbons (Fsp3) is 0.850. The highest BCUT2D eigenvalue weighted by Crippen LogP contribution is 2.66. The van der Waals surface area contributed by atoms with Gasteiger partial charge in [-0.25, -0.2) is 0 Å². The second kappa shape index (κ2) is 4.93. The number of aliphatic hydroxyl groups excluding tert-OH is 1. The topological polar surface area (TPSA) is 37.3 Å². The van der Waals surface area contributed by atoms with Crippen LogP contribution >= 0.6 is 0 Å². The number of carbonyl (C=O) groups is 1. The zero-order valence-electron chi connectivity index (χ0n) is 14.1. The number of hydrogen-bond donors (Lipinski definition) is 1. The summed E-state index contributed by atoms with van der Waals surface area (Å²) in [7, 11) is 0. The predicted molar refractivity (Wildman–Crippen MR) is 87.3 cm³/mol. The summed E-state index contributed by atoms with van der Waals surface area (Å²) in [5.41, 5.74) is 1.79. The van der Waals surface area contributed by atoms with E-state index in [-0.39, 0.29) is 17.8 Å². The smallest absolute Gasteiger partial charge is 0.155 e. The van der Waals surface area contributed by atoms with E-state index in [4.69, 9.17) is 0 Å². The van der Waals surface area contributed by atoms with Crippen LogP contribution in [0.15, 0.2) is 11.6 Å². The summed E-state index contributed by atoms with van der Waals surface area (Å²) >= 11 is 0. The van der Waals surface area contributed by atoms with E-state index in [1.807, 2.05) is 6.08 Å². The Labute approximate surface area is 134 Å². The van der Waals surface area contributed by atoms with Gasteiger partial charge in [0.2, 0.25) is 0 Å². The highest BCUT2D eigenvalue weighted by atomic mass is 16.3. The lowest BCUT2D eigenvalue weighted by Crippen LogP contribution is -2.54. The Kier molecular flexibility index (Phi) is 3.35. The summed E-state index contributed by atoms with van der Waals surface area (Å²) in [6.07, 6.45) is 11.3. The number of rotatable bonds is 1. The van der Waals surface area contributed by atoms with E-state index in [9.17, 15) is 9.90 Å². The lowest BCUT2D eigenvalue weighted by Gasteiger charge is -2.60. The van der Waals surface area contributed by atoms with Crippen molar-refractivity contribution < 1.29 is 9.90 Å². The standard InChI is InChI=1S/C20H30O2/c1-13-10-14-11-15(22)5-9-20(14,12-21)17-6-8-19(2)7-3-4-16(19)18(13)17/h11,13,16-18,21H,3-10,12H2,1-2H3/t13-,16+,17+,18+,19+,20-/m1/s1. The Morgan fingerprint density at radius 2 is 2.05 bits per heavy atom. The van der Waals surface area contributed by atoms with Crippen LogP contribution in [0.5, 0.6) is 0 Å². The van der Waals surface area contributed by atoms with Crippen molar-refractivity contribution in [1.82, 2.24) is 0 Å². The molecule has 3 saturated carbocycles. The number of fused-ring (bicyclic) bond motifs is 5. The zero-order valence-corrected chi connectivity index (χ0v) is 14.1. The van der Waals surface area contributed by atoms with Crippen LogP contribution in [0, 0.1) is 34.5 Å². The molecular weight excluding hydrogens is 272 g/mol. The molecule has 0 aromatic rings. The lowest BCUT2D eigenvalue weighted by atomic mass is 9.45. The maximum atomic E-state index is 11.9. The van der Waals surface area contributed by atoms with Crippen LogP contribution in [0.1, 0.15) is 65.2 Å². The van der Waals surface area contributed by atoms with Gasteiger partial charge < -0.3 is 5.11 Å². The molecule has 1 N–H and O–H groups in total. The second-order valence-electron chi connectivity index (χ2n) is 9.01. The van der Waals surface area contributed by atoms with Crippen molar-refractivity contribution in [2.24, 2.45) is 34.5 Å². The summed E-state index contributed by atoms with van der Waals surface area (Å²) in [5.74, 6) is 3.18. The highest BCUT2D eigenvalue weighted by Gasteiger charge is 2.59. The third-order valence-corrected chi connectivity index (χ3v) is 8.10. The minimum absolute atomic E-state index is 0.0605. The molecule has 0 radical (unpaired) electrons. The van der Waals surface area contributed by atoms with Crippen LogP contribution in [0.3, 0.4) is 0 Å². The molecule has 0 amide bonds. The summed E-state index contributed by atoms with van der Waals surface area (Å²) in [6, 6.07) is 0. The molecule has 3 fully saturated rings. The quantitative estimate of drug-likeness (QED) is 0.791. The van der Waals surface area contributed by atoms with Crippen LogP contribution in [-0.4, -0.2) is 17.5 Å². The molecule has 0 aliphatic heterocycles. The first-order chi connectivity index (χ1) is 10.5. The maximum Gasteiger partial charge on any atom is 0.155 e. The van der Waals surface area contributed by atoms with Crippen molar-refractivity contribution in [2.75, 3.05) is 6.61 Å². The molecule has 0 spiro atoms. The average molecular weight is 302 g/mol. The van der Waals surface area contributed by atoms with Gasteiger partial charge in [0, 0.05) is 11.8 Å². The van der Waals surface area contributed by atoms with E-state index in [0.717, 1.165) is 24.7 Å². The van der Waals surface area contributed by atoms with E-state index >= 15 is 0 Å². The van der Waals surface area contributed by atoms with Crippen molar-refractivity contribution in [3.8, 4) is 0 Å². The van der Waals surface area contributed by atoms with Crippen LogP contribution in [0.2, 0.25) is 0 Å². The molecule has 0 heterocycles. The fourth-order valence-corrected chi connectivity index (χ4v) is 7.01. The van der Waals surface area contributed by atoms with Gasteiger partial charge >= 0.3 is 0 Å². The van der Waals surface area contributed by atoms with Gasteiger partial charge in [0.05, 0.1) is 6.61 Å². The van der Waals surface area contributed by atoms with Crippen molar-refractivity contribution in [1.29, 1.82) is 0 Å². The third kappa shape index (κ3) is 1.85. The monoisotopic (exact) mass is 302 g/mol. The molecule has 0 aromatic carbocycles. The van der Waals surface area contributed by atoms with Gasteiger partial charge in [-0.3, -0.25) is 4.79 Å². The lowest BCUT2D eigenvalue weighted by molar-refractivity contribution is -0.120. The van der Waals surface area contributed by atoms with Gasteiger partial charge in [0.1, 0.15) is 0 Å². The van der Waals surface area contributed by atoms with E-state index < -0.39 is 0 Å². The number of carbonyl (C=O) groups excluding carboxylic acids is 1. The molecule has 122 valence electrons. The molecule has 2 nitrogen and oxygen atoms in total. The Bertz CT molecular complexity index is 522. The van der Waals surface area contributed by atoms with Gasteiger partial charge in [0.25, 0.3) is 0 Å². The minimum atomic E-state index is -0.0605. The Morgan fingerprint density at radius 3 is 2.82 bits per heavy atom. The average Bonchev–Trinajstić information content (AvgIpc) is 2.88. The first-order valence-corrected chi connectivity index (χ1v) is 9.35. The third-order valence-electron chi connectivity index (χ3n) is 8.10. The number of hydrogen-bond acceptors (Lipinski definition) is 2. The van der Waals surface area contributed by atoms with Crippen LogP contribution < -0.4 is 0 Å².